The smallest absolute Gasteiger partial charge is 0.323 e. The number of nitrogens with zero attached hydrogens (tertiary/aromatic N) is 2. The molecule has 1 heterocycles. The summed E-state index contributed by atoms with van der Waals surface area (Å²) in [5, 5.41) is 11.0. The fourth-order valence-corrected chi connectivity index (χ4v) is 2.63. The first-order valence-corrected chi connectivity index (χ1v) is 6.70. The van der Waals surface area contributed by atoms with Gasteiger partial charge in [-0.2, -0.15) is 0 Å². The molecule has 1 aliphatic rings. The average molecular weight is 294 g/mol. The zero-order valence-electron chi connectivity index (χ0n) is 12.1. The van der Waals surface area contributed by atoms with E-state index in [2.05, 4.69) is 0 Å². The lowest BCUT2D eigenvalue weighted by Crippen LogP contribution is -2.36. The van der Waals surface area contributed by atoms with Crippen LogP contribution in [0.3, 0.4) is 0 Å². The number of rotatable bonds is 5. The molecule has 21 heavy (non-hydrogen) atoms. The maximum Gasteiger partial charge on any atom is 0.323 e. The quantitative estimate of drug-likeness (QED) is 0.467. The topological polar surface area (TPSA) is 81.9 Å². The number of benzene rings is 1. The van der Waals surface area contributed by atoms with Crippen LogP contribution in [0.25, 0.3) is 0 Å². The Morgan fingerprint density at radius 3 is 2.86 bits per heavy atom. The molecule has 0 aliphatic carbocycles. The molecule has 1 aromatic rings. The molecule has 1 atom stereocenters. The Labute approximate surface area is 122 Å². The van der Waals surface area contributed by atoms with Crippen LogP contribution in [0.1, 0.15) is 18.4 Å². The van der Waals surface area contributed by atoms with Gasteiger partial charge in [-0.25, -0.2) is 0 Å². The van der Waals surface area contributed by atoms with Crippen LogP contribution in [-0.2, 0) is 16.1 Å². The van der Waals surface area contributed by atoms with Crippen molar-refractivity contribution in [1.82, 2.24) is 4.90 Å². The van der Waals surface area contributed by atoms with Gasteiger partial charge in [-0.15, -0.1) is 0 Å². The van der Waals surface area contributed by atoms with Crippen molar-refractivity contribution in [2.45, 2.75) is 25.4 Å². The SMILES string of the molecule is COC(=O)C1CCCN1Cc1ccc(OC)c([N+](=O)[O-])c1. The van der Waals surface area contributed by atoms with Crippen molar-refractivity contribution in [2.75, 3.05) is 20.8 Å². The number of hydrogen-bond acceptors (Lipinski definition) is 6. The van der Waals surface area contributed by atoms with E-state index in [0.717, 1.165) is 24.9 Å². The van der Waals surface area contributed by atoms with Gasteiger partial charge in [-0.1, -0.05) is 6.07 Å². The zero-order valence-corrected chi connectivity index (χ0v) is 12.1. The van der Waals surface area contributed by atoms with Gasteiger partial charge < -0.3 is 9.47 Å². The number of nitro benzene ring substituents is 1. The van der Waals surface area contributed by atoms with Crippen molar-refractivity contribution in [3.63, 3.8) is 0 Å². The molecule has 1 aliphatic heterocycles. The van der Waals surface area contributed by atoms with Gasteiger partial charge in [0.2, 0.25) is 0 Å². The highest BCUT2D eigenvalue weighted by Gasteiger charge is 2.31. The van der Waals surface area contributed by atoms with E-state index in [1.54, 1.807) is 12.1 Å². The predicted molar refractivity (Wildman–Crippen MR) is 75.1 cm³/mol. The third-order valence-electron chi connectivity index (χ3n) is 3.66. The number of likely N-dealkylation sites (tertiary alicyclic amines) is 1. The Morgan fingerprint density at radius 2 is 2.24 bits per heavy atom. The monoisotopic (exact) mass is 294 g/mol. The summed E-state index contributed by atoms with van der Waals surface area (Å²) in [6.45, 7) is 1.25. The molecule has 1 unspecified atom stereocenters. The van der Waals surface area contributed by atoms with E-state index in [1.165, 1.54) is 20.3 Å². The van der Waals surface area contributed by atoms with Crippen molar-refractivity contribution in [1.29, 1.82) is 0 Å². The third-order valence-corrected chi connectivity index (χ3v) is 3.66. The maximum atomic E-state index is 11.7. The molecule has 1 saturated heterocycles. The Balaban J connectivity index is 2.17. The second kappa shape index (κ2) is 6.53. The number of carbonyl (C=O) groups is 1. The molecule has 0 aromatic heterocycles. The summed E-state index contributed by atoms with van der Waals surface area (Å²) in [4.78, 5) is 24.2. The second-order valence-corrected chi connectivity index (χ2v) is 4.91. The first-order chi connectivity index (χ1) is 10.1. The number of hydrogen-bond donors (Lipinski definition) is 0. The van der Waals surface area contributed by atoms with Crippen molar-refractivity contribution in [3.8, 4) is 5.75 Å². The molecule has 1 fully saturated rings. The third kappa shape index (κ3) is 3.30. The summed E-state index contributed by atoms with van der Waals surface area (Å²) in [7, 11) is 2.77. The number of methoxy groups -OCH3 is 2. The van der Waals surface area contributed by atoms with Gasteiger partial charge in [0, 0.05) is 12.6 Å². The first-order valence-electron chi connectivity index (χ1n) is 6.70. The number of carbonyl (C=O) groups excluding carboxylic acids is 1. The van der Waals surface area contributed by atoms with E-state index >= 15 is 0 Å². The molecule has 0 bridgehead atoms. The molecule has 0 amide bonds. The fraction of sp³-hybridized carbons (Fsp3) is 0.500. The van der Waals surface area contributed by atoms with Crippen molar-refractivity contribution < 1.29 is 19.2 Å². The molecule has 0 spiro atoms. The lowest BCUT2D eigenvalue weighted by atomic mass is 10.1. The van der Waals surface area contributed by atoms with E-state index in [0.29, 0.717) is 6.54 Å². The number of esters is 1. The van der Waals surface area contributed by atoms with Gasteiger partial charge in [-0.05, 0) is 31.0 Å². The van der Waals surface area contributed by atoms with E-state index in [4.69, 9.17) is 9.47 Å². The van der Waals surface area contributed by atoms with Crippen LogP contribution < -0.4 is 4.74 Å². The highest BCUT2D eigenvalue weighted by Crippen LogP contribution is 2.29. The lowest BCUT2D eigenvalue weighted by Gasteiger charge is -2.22. The van der Waals surface area contributed by atoms with Crippen LogP contribution in [0.5, 0.6) is 5.75 Å². The Kier molecular flexibility index (Phi) is 4.74. The summed E-state index contributed by atoms with van der Waals surface area (Å²) in [5.41, 5.74) is 0.710. The van der Waals surface area contributed by atoms with Gasteiger partial charge in [0.05, 0.1) is 19.1 Å². The van der Waals surface area contributed by atoms with Crippen molar-refractivity contribution in [3.05, 3.63) is 33.9 Å². The standard InChI is InChI=1S/C14H18N2O5/c1-20-13-6-5-10(8-12(13)16(18)19)9-15-7-3-4-11(15)14(17)21-2/h5-6,8,11H,3-4,7,9H2,1-2H3. The summed E-state index contributed by atoms with van der Waals surface area (Å²) < 4.78 is 9.77. The molecule has 114 valence electrons. The Hall–Kier alpha value is -2.15. The minimum absolute atomic E-state index is 0.0659. The second-order valence-electron chi connectivity index (χ2n) is 4.91. The van der Waals surface area contributed by atoms with Gasteiger partial charge >= 0.3 is 11.7 Å². The van der Waals surface area contributed by atoms with Gasteiger partial charge in [0.1, 0.15) is 6.04 Å². The minimum Gasteiger partial charge on any atom is -0.490 e. The molecule has 7 heteroatoms. The van der Waals surface area contributed by atoms with E-state index in [9.17, 15) is 14.9 Å². The van der Waals surface area contributed by atoms with Gasteiger partial charge in [0.15, 0.2) is 5.75 Å². The molecular formula is C14H18N2O5. The molecular weight excluding hydrogens is 276 g/mol. The first kappa shape index (κ1) is 15.2. The van der Waals surface area contributed by atoms with Crippen molar-refractivity contribution in [2.24, 2.45) is 0 Å². The van der Waals surface area contributed by atoms with E-state index in [-0.39, 0.29) is 23.4 Å². The summed E-state index contributed by atoms with van der Waals surface area (Å²) in [6, 6.07) is 4.58. The van der Waals surface area contributed by atoms with Crippen molar-refractivity contribution >= 4 is 11.7 Å². The molecule has 1 aromatic carbocycles. The lowest BCUT2D eigenvalue weighted by molar-refractivity contribution is -0.385. The van der Waals surface area contributed by atoms with Gasteiger partial charge in [0.25, 0.3) is 0 Å². The fourth-order valence-electron chi connectivity index (χ4n) is 2.63. The largest absolute Gasteiger partial charge is 0.490 e. The predicted octanol–water partition coefficient (Wildman–Crippen LogP) is 1.74. The number of ether oxygens (including phenoxy) is 2. The van der Waals surface area contributed by atoms with Crippen LogP contribution >= 0.6 is 0 Å². The summed E-state index contributed by atoms with van der Waals surface area (Å²) in [6.07, 6.45) is 1.67. The minimum atomic E-state index is -0.468. The van der Waals surface area contributed by atoms with Crippen LogP contribution in [0.15, 0.2) is 18.2 Å². The van der Waals surface area contributed by atoms with E-state index < -0.39 is 4.92 Å². The van der Waals surface area contributed by atoms with Gasteiger partial charge in [-0.3, -0.25) is 19.8 Å². The average Bonchev–Trinajstić information content (AvgIpc) is 2.94. The van der Waals surface area contributed by atoms with Crippen LogP contribution in [-0.4, -0.2) is 42.6 Å². The Morgan fingerprint density at radius 1 is 1.48 bits per heavy atom. The summed E-state index contributed by atoms with van der Waals surface area (Å²) in [5.74, 6) is -0.0230. The molecule has 0 saturated carbocycles. The van der Waals surface area contributed by atoms with Crippen LogP contribution in [0.2, 0.25) is 0 Å². The van der Waals surface area contributed by atoms with Crippen LogP contribution in [0, 0.1) is 10.1 Å². The molecule has 0 radical (unpaired) electrons. The summed E-state index contributed by atoms with van der Waals surface area (Å²) >= 11 is 0. The normalized spacial score (nSPS) is 18.5. The highest BCUT2D eigenvalue weighted by atomic mass is 16.6. The maximum absolute atomic E-state index is 11.7. The number of nitro groups is 1. The highest BCUT2D eigenvalue weighted by molar-refractivity contribution is 5.76. The van der Waals surface area contributed by atoms with Crippen LogP contribution in [0.4, 0.5) is 5.69 Å². The Bertz CT molecular complexity index is 546. The molecule has 0 N–H and O–H groups in total. The zero-order chi connectivity index (χ0) is 15.4. The molecule has 2 rings (SSSR count). The van der Waals surface area contributed by atoms with E-state index in [1.807, 2.05) is 4.90 Å². The molecule has 7 nitrogen and oxygen atoms in total.